The van der Waals surface area contributed by atoms with Crippen LogP contribution in [0.15, 0.2) is 0 Å². The van der Waals surface area contributed by atoms with Gasteiger partial charge in [-0.3, -0.25) is 4.79 Å². The van der Waals surface area contributed by atoms with Crippen molar-refractivity contribution in [3.8, 4) is 0 Å². The number of hydrogen-bond acceptors (Lipinski definition) is 6. The van der Waals surface area contributed by atoms with Gasteiger partial charge in [0.1, 0.15) is 6.42 Å². The zero-order valence-electron chi connectivity index (χ0n) is 6.30. The van der Waals surface area contributed by atoms with Crippen molar-refractivity contribution in [3.05, 3.63) is 5.82 Å². The summed E-state index contributed by atoms with van der Waals surface area (Å²) >= 11 is 0. The summed E-state index contributed by atoms with van der Waals surface area (Å²) in [7, 11) is 0. The Morgan fingerprint density at radius 1 is 1.38 bits per heavy atom. The van der Waals surface area contributed by atoms with Crippen LogP contribution >= 0.6 is 0 Å². The molecule has 0 aliphatic heterocycles. The van der Waals surface area contributed by atoms with Crippen LogP contribution in [0, 0.1) is 0 Å². The van der Waals surface area contributed by atoms with Crippen molar-refractivity contribution in [2.45, 2.75) is 6.42 Å². The third-order valence-electron chi connectivity index (χ3n) is 1.32. The predicted molar refractivity (Wildman–Crippen MR) is 38.6 cm³/mol. The number of carboxylic acid groups (broad SMARTS) is 1. The minimum Gasteiger partial charge on any atom is -0.481 e. The van der Waals surface area contributed by atoms with Crippen LogP contribution in [0.4, 0.5) is 0 Å². The van der Waals surface area contributed by atoms with Gasteiger partial charge < -0.3 is 5.11 Å². The van der Waals surface area contributed by atoms with Crippen LogP contribution in [0.3, 0.4) is 0 Å². The molecule has 13 heavy (non-hydrogen) atoms. The normalized spacial score (nSPS) is 10.5. The molecule has 0 radical (unpaired) electrons. The molecule has 0 aromatic carbocycles. The number of fused-ring (bicyclic) bond motifs is 1. The zero-order valence-corrected chi connectivity index (χ0v) is 6.30. The fourth-order valence-corrected chi connectivity index (χ4v) is 0.826. The van der Waals surface area contributed by atoms with Crippen LogP contribution < -0.4 is 0 Å². The van der Waals surface area contributed by atoms with Gasteiger partial charge in [-0.15, -0.1) is 15.3 Å². The lowest BCUT2D eigenvalue weighted by atomic mass is 10.4. The van der Waals surface area contributed by atoms with Gasteiger partial charge in [-0.05, 0) is 0 Å². The number of hydrogen-bond donors (Lipinski definition) is 2. The van der Waals surface area contributed by atoms with E-state index < -0.39 is 5.97 Å². The van der Waals surface area contributed by atoms with Crippen molar-refractivity contribution >= 4 is 17.3 Å². The van der Waals surface area contributed by atoms with Crippen molar-refractivity contribution in [1.82, 2.24) is 30.6 Å². The molecule has 0 fully saturated rings. The summed E-state index contributed by atoms with van der Waals surface area (Å²) in [6.45, 7) is 0. The van der Waals surface area contributed by atoms with E-state index in [1.165, 1.54) is 0 Å². The molecule has 2 aromatic rings. The minimum absolute atomic E-state index is 0.131. The largest absolute Gasteiger partial charge is 0.481 e. The maximum atomic E-state index is 10.3. The number of aromatic amines is 1. The maximum Gasteiger partial charge on any atom is 0.311 e. The van der Waals surface area contributed by atoms with Gasteiger partial charge in [0.2, 0.25) is 5.65 Å². The molecule has 2 heterocycles. The van der Waals surface area contributed by atoms with Crippen molar-refractivity contribution in [2.75, 3.05) is 0 Å². The Morgan fingerprint density at radius 3 is 3.00 bits per heavy atom. The number of carboxylic acids is 1. The van der Waals surface area contributed by atoms with Gasteiger partial charge in [0.05, 0.1) is 0 Å². The zero-order chi connectivity index (χ0) is 9.26. The molecule has 0 saturated carbocycles. The van der Waals surface area contributed by atoms with Gasteiger partial charge in [0, 0.05) is 0 Å². The van der Waals surface area contributed by atoms with Gasteiger partial charge in [-0.2, -0.15) is 0 Å². The number of nitrogens with zero attached hydrogens (tertiary/aromatic N) is 5. The third-order valence-corrected chi connectivity index (χ3v) is 1.32. The average Bonchev–Trinajstić information content (AvgIpc) is 2.49. The van der Waals surface area contributed by atoms with Gasteiger partial charge in [-0.1, -0.05) is 5.21 Å². The quantitative estimate of drug-likeness (QED) is 0.593. The molecule has 0 unspecified atom stereocenters. The summed E-state index contributed by atoms with van der Waals surface area (Å²) in [6.07, 6.45) is -0.262. The van der Waals surface area contributed by atoms with Crippen LogP contribution in [0.5, 0.6) is 0 Å². The first kappa shape index (κ1) is 7.53. The van der Waals surface area contributed by atoms with Gasteiger partial charge in [0.15, 0.2) is 11.5 Å². The number of aromatic nitrogens is 6. The van der Waals surface area contributed by atoms with E-state index in [1.807, 2.05) is 0 Å². The number of rotatable bonds is 2. The van der Waals surface area contributed by atoms with Crippen LogP contribution in [0.1, 0.15) is 5.82 Å². The molecule has 0 amide bonds. The number of H-pyrrole nitrogens is 1. The number of carbonyl (C=O) groups is 1. The Bertz CT molecular complexity index is 451. The van der Waals surface area contributed by atoms with Crippen LogP contribution in [-0.2, 0) is 11.2 Å². The first-order chi connectivity index (χ1) is 6.25. The van der Waals surface area contributed by atoms with Gasteiger partial charge in [-0.25, -0.2) is 10.1 Å². The summed E-state index contributed by atoms with van der Waals surface area (Å²) in [6, 6.07) is 0. The molecule has 0 spiro atoms. The lowest BCUT2D eigenvalue weighted by Crippen LogP contribution is -2.06. The monoisotopic (exact) mass is 180 g/mol. The molecule has 2 N–H and O–H groups in total. The first-order valence-corrected chi connectivity index (χ1v) is 3.38. The van der Waals surface area contributed by atoms with E-state index in [9.17, 15) is 4.79 Å². The molecule has 0 aliphatic carbocycles. The Balaban J connectivity index is 2.42. The average molecular weight is 180 g/mol. The molecule has 66 valence electrons. The highest BCUT2D eigenvalue weighted by Crippen LogP contribution is 1.98. The van der Waals surface area contributed by atoms with E-state index in [0.717, 1.165) is 0 Å². The number of aliphatic carboxylic acids is 1. The Kier molecular flexibility index (Phi) is 1.58. The molecule has 0 bridgehead atoms. The van der Waals surface area contributed by atoms with E-state index >= 15 is 0 Å². The molecule has 8 heteroatoms. The fraction of sp³-hybridized carbons (Fsp3) is 0.200. The van der Waals surface area contributed by atoms with Crippen LogP contribution in [0.25, 0.3) is 11.3 Å². The second-order valence-electron chi connectivity index (χ2n) is 2.28. The van der Waals surface area contributed by atoms with E-state index in [2.05, 4.69) is 30.6 Å². The summed E-state index contributed by atoms with van der Waals surface area (Å²) < 4.78 is 0. The van der Waals surface area contributed by atoms with Gasteiger partial charge in [0.25, 0.3) is 0 Å². The fourth-order valence-electron chi connectivity index (χ4n) is 0.826. The highest BCUT2D eigenvalue weighted by molar-refractivity contribution is 5.70. The van der Waals surface area contributed by atoms with Crippen molar-refractivity contribution in [3.63, 3.8) is 0 Å². The van der Waals surface area contributed by atoms with Crippen molar-refractivity contribution < 1.29 is 9.90 Å². The topological polar surface area (TPSA) is 118 Å². The standard InChI is InChI=1S/C5H4N6O2/c12-3(13)1-2-6-4-5(8-7-2)10-11-9-4/h1H2,(H,12,13)(H,6,7,8,9,10,11). The molecule has 0 saturated heterocycles. The Labute approximate surface area is 71.0 Å². The van der Waals surface area contributed by atoms with Crippen LogP contribution in [0.2, 0.25) is 0 Å². The van der Waals surface area contributed by atoms with Crippen molar-refractivity contribution in [2.24, 2.45) is 0 Å². The van der Waals surface area contributed by atoms with Crippen LogP contribution in [-0.4, -0.2) is 41.7 Å². The molecule has 8 nitrogen and oxygen atoms in total. The summed E-state index contributed by atoms with van der Waals surface area (Å²) in [4.78, 5) is 14.1. The SMILES string of the molecule is O=C(O)Cc1nnc2nn[nH]c2n1. The summed E-state index contributed by atoms with van der Waals surface area (Å²) in [5.74, 6) is -0.875. The summed E-state index contributed by atoms with van der Waals surface area (Å²) in [5, 5.41) is 25.1. The van der Waals surface area contributed by atoms with E-state index in [0.29, 0.717) is 5.65 Å². The Morgan fingerprint density at radius 2 is 2.23 bits per heavy atom. The first-order valence-electron chi connectivity index (χ1n) is 3.38. The highest BCUT2D eigenvalue weighted by Gasteiger charge is 2.07. The van der Waals surface area contributed by atoms with Gasteiger partial charge >= 0.3 is 5.97 Å². The third kappa shape index (κ3) is 1.41. The minimum atomic E-state index is -1.01. The number of nitrogens with one attached hydrogen (secondary N) is 1. The molecular weight excluding hydrogens is 176 g/mol. The maximum absolute atomic E-state index is 10.3. The second-order valence-corrected chi connectivity index (χ2v) is 2.28. The Hall–Kier alpha value is -2.12. The van der Waals surface area contributed by atoms with E-state index in [-0.39, 0.29) is 17.9 Å². The summed E-state index contributed by atoms with van der Waals surface area (Å²) in [5.41, 5.74) is 0.611. The lowest BCUT2D eigenvalue weighted by Gasteiger charge is -1.91. The van der Waals surface area contributed by atoms with Crippen molar-refractivity contribution in [1.29, 1.82) is 0 Å². The predicted octanol–water partition coefficient (Wildman–Crippen LogP) is -1.23. The van der Waals surface area contributed by atoms with E-state index in [4.69, 9.17) is 5.11 Å². The molecular formula is C5H4N6O2. The molecule has 0 atom stereocenters. The highest BCUT2D eigenvalue weighted by atomic mass is 16.4. The lowest BCUT2D eigenvalue weighted by molar-refractivity contribution is -0.136. The second kappa shape index (κ2) is 2.73. The van der Waals surface area contributed by atoms with E-state index in [1.54, 1.807) is 0 Å². The molecule has 0 aliphatic rings. The molecule has 2 rings (SSSR count). The smallest absolute Gasteiger partial charge is 0.311 e. The molecule has 2 aromatic heterocycles.